The van der Waals surface area contributed by atoms with Crippen LogP contribution < -0.4 is 10.6 Å². The molecule has 2 N–H and O–H groups in total. The van der Waals surface area contributed by atoms with Crippen LogP contribution in [0.2, 0.25) is 0 Å². The fourth-order valence-electron chi connectivity index (χ4n) is 3.05. The number of halogens is 1. The van der Waals surface area contributed by atoms with Crippen LogP contribution in [0.1, 0.15) is 23.2 Å². The smallest absolute Gasteiger partial charge is 0.251 e. The van der Waals surface area contributed by atoms with Gasteiger partial charge in [-0.15, -0.1) is 12.4 Å². The number of amides is 2. The van der Waals surface area contributed by atoms with Crippen molar-refractivity contribution in [3.63, 3.8) is 0 Å². The summed E-state index contributed by atoms with van der Waals surface area (Å²) in [6.07, 6.45) is 1.58. The van der Waals surface area contributed by atoms with E-state index in [9.17, 15) is 9.59 Å². The monoisotopic (exact) mass is 353 g/mol. The molecule has 0 aliphatic carbocycles. The average molecular weight is 354 g/mol. The molecule has 1 aromatic rings. The summed E-state index contributed by atoms with van der Waals surface area (Å²) in [5.74, 6) is 0.0651. The highest BCUT2D eigenvalue weighted by Gasteiger charge is 2.29. The minimum absolute atomic E-state index is 0. The topological polar surface area (TPSA) is 70.7 Å². The standard InChI is InChI=1S/C17H23N3O3.ClH/c21-16(13-4-2-1-3-5-13)19-14-6-9-20(10-7-14)17(22)15-12-23-11-8-18-15;/h1-5,14-15,18H,6-12H2,(H,19,21);1H. The molecule has 3 rings (SSSR count). The molecule has 1 unspecified atom stereocenters. The van der Waals surface area contributed by atoms with Gasteiger partial charge in [-0.25, -0.2) is 0 Å². The first kappa shape index (κ1) is 18.7. The van der Waals surface area contributed by atoms with Gasteiger partial charge in [-0.3, -0.25) is 9.59 Å². The molecular weight excluding hydrogens is 330 g/mol. The lowest BCUT2D eigenvalue weighted by molar-refractivity contribution is -0.137. The van der Waals surface area contributed by atoms with Crippen LogP contribution in [0.3, 0.4) is 0 Å². The van der Waals surface area contributed by atoms with Crippen molar-refractivity contribution in [1.82, 2.24) is 15.5 Å². The van der Waals surface area contributed by atoms with Crippen molar-refractivity contribution < 1.29 is 14.3 Å². The number of morpholine rings is 1. The number of likely N-dealkylation sites (tertiary alicyclic amines) is 1. The van der Waals surface area contributed by atoms with Crippen molar-refractivity contribution in [1.29, 1.82) is 0 Å². The highest BCUT2D eigenvalue weighted by atomic mass is 35.5. The molecule has 24 heavy (non-hydrogen) atoms. The van der Waals surface area contributed by atoms with Crippen LogP contribution in [0.5, 0.6) is 0 Å². The molecule has 0 saturated carbocycles. The van der Waals surface area contributed by atoms with E-state index in [1.165, 1.54) is 0 Å². The predicted molar refractivity (Wildman–Crippen MR) is 93.4 cm³/mol. The summed E-state index contributed by atoms with van der Waals surface area (Å²) in [6.45, 7) is 3.19. The maximum absolute atomic E-state index is 12.4. The molecule has 1 atom stereocenters. The zero-order valence-corrected chi connectivity index (χ0v) is 14.4. The largest absolute Gasteiger partial charge is 0.378 e. The van der Waals surface area contributed by atoms with Crippen molar-refractivity contribution in [3.05, 3.63) is 35.9 Å². The van der Waals surface area contributed by atoms with Crippen molar-refractivity contribution >= 4 is 24.2 Å². The second-order valence-corrected chi connectivity index (χ2v) is 6.02. The van der Waals surface area contributed by atoms with E-state index in [1.807, 2.05) is 35.2 Å². The quantitative estimate of drug-likeness (QED) is 0.844. The Morgan fingerprint density at radius 2 is 1.88 bits per heavy atom. The van der Waals surface area contributed by atoms with Gasteiger partial charge >= 0.3 is 0 Å². The normalized spacial score (nSPS) is 21.7. The van der Waals surface area contributed by atoms with Gasteiger partial charge in [-0.1, -0.05) is 18.2 Å². The van der Waals surface area contributed by atoms with E-state index < -0.39 is 0 Å². The van der Waals surface area contributed by atoms with E-state index in [4.69, 9.17) is 4.74 Å². The average Bonchev–Trinajstić information content (AvgIpc) is 2.63. The van der Waals surface area contributed by atoms with Gasteiger partial charge < -0.3 is 20.3 Å². The summed E-state index contributed by atoms with van der Waals surface area (Å²) in [5, 5.41) is 6.25. The van der Waals surface area contributed by atoms with E-state index in [1.54, 1.807) is 0 Å². The number of carbonyl (C=O) groups is 2. The molecule has 2 saturated heterocycles. The van der Waals surface area contributed by atoms with Crippen molar-refractivity contribution in [2.45, 2.75) is 24.9 Å². The van der Waals surface area contributed by atoms with E-state index in [2.05, 4.69) is 10.6 Å². The fraction of sp³-hybridized carbons (Fsp3) is 0.529. The third kappa shape index (κ3) is 4.69. The molecule has 1 aromatic carbocycles. The number of hydrogen-bond acceptors (Lipinski definition) is 4. The van der Waals surface area contributed by atoms with Crippen LogP contribution in [0.15, 0.2) is 30.3 Å². The number of benzene rings is 1. The SMILES string of the molecule is Cl.O=C(NC1CCN(C(=O)C2COCCN2)CC1)c1ccccc1. The van der Waals surface area contributed by atoms with Gasteiger partial charge in [0.25, 0.3) is 5.91 Å². The lowest BCUT2D eigenvalue weighted by atomic mass is 10.0. The number of ether oxygens (including phenoxy) is 1. The molecule has 2 aliphatic heterocycles. The van der Waals surface area contributed by atoms with E-state index in [0.717, 1.165) is 19.4 Å². The molecule has 0 bridgehead atoms. The number of rotatable bonds is 3. The van der Waals surface area contributed by atoms with Crippen LogP contribution in [0.25, 0.3) is 0 Å². The van der Waals surface area contributed by atoms with Crippen LogP contribution in [0, 0.1) is 0 Å². The summed E-state index contributed by atoms with van der Waals surface area (Å²) in [7, 11) is 0. The highest BCUT2D eigenvalue weighted by Crippen LogP contribution is 2.13. The summed E-state index contributed by atoms with van der Waals surface area (Å²) in [6, 6.07) is 9.13. The lowest BCUT2D eigenvalue weighted by Crippen LogP contribution is -2.55. The third-order valence-electron chi connectivity index (χ3n) is 4.40. The third-order valence-corrected chi connectivity index (χ3v) is 4.40. The first-order chi connectivity index (χ1) is 11.2. The molecule has 6 nitrogen and oxygen atoms in total. The minimum Gasteiger partial charge on any atom is -0.378 e. The first-order valence-corrected chi connectivity index (χ1v) is 8.20. The van der Waals surface area contributed by atoms with Gasteiger partial charge in [-0.05, 0) is 25.0 Å². The Bertz CT molecular complexity index is 541. The van der Waals surface area contributed by atoms with Gasteiger partial charge in [0.05, 0.1) is 13.2 Å². The first-order valence-electron chi connectivity index (χ1n) is 8.20. The Morgan fingerprint density at radius 3 is 2.50 bits per heavy atom. The number of hydrogen-bond donors (Lipinski definition) is 2. The highest BCUT2D eigenvalue weighted by molar-refractivity contribution is 5.94. The van der Waals surface area contributed by atoms with Crippen LogP contribution in [-0.4, -0.2) is 61.6 Å². The second-order valence-electron chi connectivity index (χ2n) is 6.02. The van der Waals surface area contributed by atoms with E-state index in [-0.39, 0.29) is 36.3 Å². The number of nitrogens with one attached hydrogen (secondary N) is 2. The van der Waals surface area contributed by atoms with E-state index in [0.29, 0.717) is 31.9 Å². The van der Waals surface area contributed by atoms with Crippen molar-refractivity contribution in [2.75, 3.05) is 32.8 Å². The summed E-state index contributed by atoms with van der Waals surface area (Å²) in [4.78, 5) is 26.4. The molecular formula is C17H24ClN3O3. The zero-order valence-electron chi connectivity index (χ0n) is 13.6. The fourth-order valence-corrected chi connectivity index (χ4v) is 3.05. The van der Waals surface area contributed by atoms with Gasteiger partial charge in [0.2, 0.25) is 5.91 Å². The molecule has 132 valence electrons. The summed E-state index contributed by atoms with van der Waals surface area (Å²) < 4.78 is 5.35. The zero-order chi connectivity index (χ0) is 16.1. The summed E-state index contributed by atoms with van der Waals surface area (Å²) in [5.41, 5.74) is 0.676. The molecule has 0 spiro atoms. The molecule has 0 aromatic heterocycles. The second kappa shape index (κ2) is 9.01. The van der Waals surface area contributed by atoms with Crippen LogP contribution in [-0.2, 0) is 9.53 Å². The maximum Gasteiger partial charge on any atom is 0.251 e. The number of carbonyl (C=O) groups excluding carboxylic acids is 2. The number of piperidine rings is 1. The van der Waals surface area contributed by atoms with Crippen LogP contribution >= 0.6 is 12.4 Å². The lowest BCUT2D eigenvalue weighted by Gasteiger charge is -2.35. The maximum atomic E-state index is 12.4. The van der Waals surface area contributed by atoms with Gasteiger partial charge in [0.1, 0.15) is 6.04 Å². The van der Waals surface area contributed by atoms with Crippen LogP contribution in [0.4, 0.5) is 0 Å². The molecule has 2 fully saturated rings. The van der Waals surface area contributed by atoms with Gasteiger partial charge in [-0.2, -0.15) is 0 Å². The van der Waals surface area contributed by atoms with Gasteiger partial charge in [0, 0.05) is 31.2 Å². The van der Waals surface area contributed by atoms with Crippen molar-refractivity contribution in [3.8, 4) is 0 Å². The molecule has 0 radical (unpaired) electrons. The molecule has 2 amide bonds. The number of nitrogens with zero attached hydrogens (tertiary/aromatic N) is 1. The Kier molecular flexibility index (Phi) is 7.02. The molecule has 7 heteroatoms. The van der Waals surface area contributed by atoms with Gasteiger partial charge in [0.15, 0.2) is 0 Å². The Hall–Kier alpha value is -1.63. The predicted octanol–water partition coefficient (Wildman–Crippen LogP) is 0.818. The Balaban J connectivity index is 0.00000208. The minimum atomic E-state index is -0.223. The van der Waals surface area contributed by atoms with Crippen molar-refractivity contribution in [2.24, 2.45) is 0 Å². The van der Waals surface area contributed by atoms with E-state index >= 15 is 0 Å². The summed E-state index contributed by atoms with van der Waals surface area (Å²) >= 11 is 0. The Labute approximate surface area is 148 Å². The molecule has 2 aliphatic rings. The molecule has 2 heterocycles. The Morgan fingerprint density at radius 1 is 1.17 bits per heavy atom.